The normalized spacial score (nSPS) is 13.8. The fourth-order valence-electron chi connectivity index (χ4n) is 11.5. The summed E-state index contributed by atoms with van der Waals surface area (Å²) >= 11 is 0. The van der Waals surface area contributed by atoms with Gasteiger partial charge in [-0.25, -0.2) is 9.59 Å². The summed E-state index contributed by atoms with van der Waals surface area (Å²) < 4.78 is 160. The lowest BCUT2D eigenvalue weighted by Gasteiger charge is -2.35. The molecule has 28 heteroatoms. The van der Waals surface area contributed by atoms with Crippen molar-refractivity contribution in [3.8, 4) is 69.0 Å². The Morgan fingerprint density at radius 1 is 0.375 bits per heavy atom. The molecule has 9 aromatic rings. The molecule has 0 fully saturated rings. The molecule has 2 aliphatic heterocycles. The van der Waals surface area contributed by atoms with Gasteiger partial charge in [-0.15, -0.1) is 0 Å². The van der Waals surface area contributed by atoms with Crippen molar-refractivity contribution in [1.29, 1.82) is 0 Å². The van der Waals surface area contributed by atoms with Gasteiger partial charge in [-0.3, -0.25) is 29.0 Å². The van der Waals surface area contributed by atoms with E-state index >= 15 is 19.2 Å². The Morgan fingerprint density at radius 2 is 0.635 bits per heavy atom. The molecule has 0 spiro atoms. The summed E-state index contributed by atoms with van der Waals surface area (Å²) in [5.41, 5.74) is -2.20. The smallest absolute Gasteiger partial charge is 0.391 e. The topological polar surface area (TPSA) is 260 Å². The summed E-state index contributed by atoms with van der Waals surface area (Å²) in [5, 5.41) is 16.9. The van der Waals surface area contributed by atoms with E-state index in [-0.39, 0.29) is 135 Å². The molecule has 2 unspecified atom stereocenters. The zero-order valence-electron chi connectivity index (χ0n) is 51.2. The fourth-order valence-corrected chi connectivity index (χ4v) is 11.5. The van der Waals surface area contributed by atoms with Gasteiger partial charge in [0.25, 0.3) is 23.6 Å². The molecule has 22 nitrogen and oxygen atoms in total. The lowest BCUT2D eigenvalue weighted by atomic mass is 9.80. The number of imide groups is 2. The molecule has 2 N–H and O–H groups in total. The minimum absolute atomic E-state index is 0.0322. The van der Waals surface area contributed by atoms with Crippen molar-refractivity contribution >= 4 is 78.7 Å². The zero-order chi connectivity index (χ0) is 68.3. The number of nitrogens with zero attached hydrogens (tertiary/aromatic N) is 2. The first-order valence-corrected chi connectivity index (χ1v) is 29.3. The van der Waals surface area contributed by atoms with Gasteiger partial charge in [0.2, 0.25) is 0 Å². The summed E-state index contributed by atoms with van der Waals surface area (Å²) in [6.45, 7) is -3.51. The van der Waals surface area contributed by atoms with E-state index in [0.717, 1.165) is 24.3 Å². The Hall–Kier alpha value is -10.7. The minimum Gasteiger partial charge on any atom is -0.497 e. The zero-order valence-corrected chi connectivity index (χ0v) is 51.2. The molecule has 2 atom stereocenters. The van der Waals surface area contributed by atoms with E-state index in [1.165, 1.54) is 101 Å². The first kappa shape index (κ1) is 66.8. The van der Waals surface area contributed by atoms with Gasteiger partial charge in [-0.1, -0.05) is 24.3 Å². The van der Waals surface area contributed by atoms with Crippen molar-refractivity contribution in [2.45, 2.75) is 37.3 Å². The van der Waals surface area contributed by atoms with Gasteiger partial charge in [0, 0.05) is 67.4 Å². The van der Waals surface area contributed by atoms with Crippen LogP contribution in [0.2, 0.25) is 0 Å². The van der Waals surface area contributed by atoms with E-state index in [4.69, 9.17) is 56.8 Å². The van der Waals surface area contributed by atoms with Gasteiger partial charge >= 0.3 is 24.3 Å². The number of benzene rings is 9. The highest BCUT2D eigenvalue weighted by Gasteiger charge is 2.51. The van der Waals surface area contributed by atoms with Gasteiger partial charge in [0.15, 0.2) is 0 Å². The second kappa shape index (κ2) is 27.7. The van der Waals surface area contributed by atoms with Crippen LogP contribution in [-0.4, -0.2) is 161 Å². The predicted octanol–water partition coefficient (Wildman–Crippen LogP) is 11.9. The lowest BCUT2D eigenvalue weighted by molar-refractivity contribution is -0.167. The van der Waals surface area contributed by atoms with Gasteiger partial charge in [-0.2, -0.15) is 26.3 Å². The quantitative estimate of drug-likeness (QED) is 0.0115. The van der Waals surface area contributed by atoms with Gasteiger partial charge in [0.05, 0.1) is 103 Å². The van der Waals surface area contributed by atoms with Crippen LogP contribution in [0.15, 0.2) is 121 Å². The number of carbonyl (C=O) groups is 6. The van der Waals surface area contributed by atoms with E-state index in [9.17, 15) is 46.1 Å². The molecule has 0 bridgehead atoms. The van der Waals surface area contributed by atoms with Gasteiger partial charge in [0.1, 0.15) is 94.3 Å². The third kappa shape index (κ3) is 13.4. The minimum atomic E-state index is -5.25. The number of aliphatic hydroxyl groups is 2. The first-order valence-electron chi connectivity index (χ1n) is 29.3. The van der Waals surface area contributed by atoms with E-state index < -0.39 is 135 Å². The monoisotopic (exact) mass is 1330 g/mol. The van der Waals surface area contributed by atoms with Crippen LogP contribution < -0.4 is 37.9 Å². The third-order valence-electron chi connectivity index (χ3n) is 15.5. The second-order valence-electron chi connectivity index (χ2n) is 21.5. The van der Waals surface area contributed by atoms with Crippen molar-refractivity contribution in [3.63, 3.8) is 0 Å². The Kier molecular flexibility index (Phi) is 19.3. The van der Waals surface area contributed by atoms with Crippen LogP contribution in [0.3, 0.4) is 0 Å². The van der Waals surface area contributed by atoms with Crippen LogP contribution >= 0.6 is 0 Å². The summed E-state index contributed by atoms with van der Waals surface area (Å²) in [5.74, 6) is -9.97. The maximum atomic E-state index is 15.7. The lowest BCUT2D eigenvalue weighted by Crippen LogP contribution is -2.52. The number of rotatable bonds is 28. The van der Waals surface area contributed by atoms with Crippen molar-refractivity contribution in [2.24, 2.45) is 0 Å². The fraction of sp³-hybridized carbons (Fsp3) is 0.265. The van der Waals surface area contributed by atoms with E-state index in [2.05, 4.69) is 0 Å². The van der Waals surface area contributed by atoms with Gasteiger partial charge in [-0.05, 0) is 72.8 Å². The molecular weight excluding hydrogens is 1280 g/mol. The molecule has 9 aromatic carbocycles. The maximum absolute atomic E-state index is 15.7. The van der Waals surface area contributed by atoms with Crippen LogP contribution in [-0.2, 0) is 28.5 Å². The van der Waals surface area contributed by atoms with E-state index in [1.807, 2.05) is 0 Å². The predicted molar refractivity (Wildman–Crippen MR) is 328 cm³/mol. The van der Waals surface area contributed by atoms with Crippen LogP contribution in [0.25, 0.3) is 43.1 Å². The Bertz CT molecular complexity index is 4010. The molecule has 0 radical (unpaired) electrons. The molecule has 2 aliphatic rings. The van der Waals surface area contributed by atoms with E-state index in [1.54, 1.807) is 24.3 Å². The van der Waals surface area contributed by atoms with Crippen molar-refractivity contribution in [2.75, 3.05) is 81.3 Å². The number of halogens is 6. The number of methoxy groups -OCH3 is 4. The number of alkyl halides is 6. The highest BCUT2D eigenvalue weighted by molar-refractivity contribution is 6.45. The van der Waals surface area contributed by atoms with Crippen molar-refractivity contribution in [1.82, 2.24) is 9.80 Å². The summed E-state index contributed by atoms with van der Waals surface area (Å²) in [4.78, 5) is 91.4. The molecule has 0 saturated heterocycles. The molecule has 500 valence electrons. The summed E-state index contributed by atoms with van der Waals surface area (Å²) in [6.07, 6.45) is -14.7. The molecular formula is C68H56F6N2O20. The number of amides is 4. The first-order chi connectivity index (χ1) is 46.1. The van der Waals surface area contributed by atoms with Crippen molar-refractivity contribution < 1.29 is 122 Å². The average molecular weight is 1340 g/mol. The van der Waals surface area contributed by atoms with Gasteiger partial charge < -0.3 is 67.1 Å². The number of hydrogen-bond donors (Lipinski definition) is 2. The molecule has 4 amide bonds. The standard InChI is InChI=1S/C68H56F6N2O20/c1-85-35-9-5-13-39(25-35)93-49-29-43-53-44(62(80)75(61(43)79)47(33-67(69,70)71)65(83)91-23-21-89-19-17-77)31-51(95-41-15-7-11-37(27-41)87-3)57-58-52(96-42-16-8-12-38(28-42)88-4)32-46-54-45(30-50(56(60(54)58)55(49)59(53)57)94-40-14-6-10-36(26-40)86-2)63(81)76(64(46)82)48(34-68(72,73)74)66(84)92-24-22-90-20-18-78/h5-16,25-32,47-48,77-78H,17-24,33-34H2,1-4H3. The van der Waals surface area contributed by atoms with Crippen LogP contribution in [0.4, 0.5) is 26.3 Å². The Labute approximate surface area is 540 Å². The SMILES string of the molecule is COc1cccc(Oc2cc3c4c(cc(Oc5cccc(OC)c5)c5c6c(Oc7cccc(OC)c7)cc7c8c(cc(Oc9cccc(OC)c9)c(c2c45)c86)C(=O)N(C(CC(F)(F)F)C(=O)OCCOCCO)C7=O)C(=O)N(C(CC(F)(F)F)C(=O)OCCOCCO)C3=O)c1. The third-order valence-corrected chi connectivity index (χ3v) is 15.5. The van der Waals surface area contributed by atoms with E-state index in [0.29, 0.717) is 0 Å². The number of fused-ring (bicyclic) bond motifs is 2. The molecule has 0 aliphatic carbocycles. The number of carbonyl (C=O) groups excluding carboxylic acids is 6. The maximum Gasteiger partial charge on any atom is 0.391 e. The van der Waals surface area contributed by atoms with Crippen molar-refractivity contribution in [3.05, 3.63) is 144 Å². The van der Waals surface area contributed by atoms with Crippen LogP contribution in [0.5, 0.6) is 69.0 Å². The number of ether oxygens (including phenoxy) is 12. The molecule has 96 heavy (non-hydrogen) atoms. The second-order valence-corrected chi connectivity index (χ2v) is 21.5. The molecule has 2 heterocycles. The highest BCUT2D eigenvalue weighted by atomic mass is 19.4. The summed E-state index contributed by atoms with van der Waals surface area (Å²) in [7, 11) is 5.42. The highest BCUT2D eigenvalue weighted by Crippen LogP contribution is 2.58. The molecule has 0 saturated carbocycles. The number of esters is 2. The Morgan fingerprint density at radius 3 is 0.875 bits per heavy atom. The number of aliphatic hydroxyl groups excluding tert-OH is 2. The Balaban J connectivity index is 1.33. The van der Waals surface area contributed by atoms with Crippen LogP contribution in [0, 0.1) is 0 Å². The average Bonchev–Trinajstić information content (AvgIpc) is 0.672. The number of hydrogen-bond acceptors (Lipinski definition) is 20. The largest absolute Gasteiger partial charge is 0.497 e. The van der Waals surface area contributed by atoms with Crippen LogP contribution in [0.1, 0.15) is 54.3 Å². The summed E-state index contributed by atoms with van der Waals surface area (Å²) in [6, 6.07) is 22.9. The molecule has 0 aromatic heterocycles. The molecule has 11 rings (SSSR count).